The van der Waals surface area contributed by atoms with Crippen molar-refractivity contribution in [2.45, 2.75) is 12.8 Å². The minimum Gasteiger partial charge on any atom is -0.468 e. The Hall–Kier alpha value is -0.280. The van der Waals surface area contributed by atoms with Gasteiger partial charge in [-0.3, -0.25) is 0 Å². The predicted octanol–water partition coefficient (Wildman–Crippen LogP) is 2.10. The molecule has 3 heteroatoms. The Morgan fingerprint density at radius 3 is 2.90 bits per heavy atom. The van der Waals surface area contributed by atoms with E-state index in [-0.39, 0.29) is 0 Å². The average molecular weight is 204 g/mol. The van der Waals surface area contributed by atoms with Gasteiger partial charge in [0.1, 0.15) is 12.0 Å². The summed E-state index contributed by atoms with van der Waals surface area (Å²) < 4.78 is 6.16. The van der Waals surface area contributed by atoms with Gasteiger partial charge in [0.05, 0.1) is 4.47 Å². The van der Waals surface area contributed by atoms with E-state index in [0.717, 1.165) is 10.2 Å². The lowest BCUT2D eigenvalue weighted by atomic mass is 10.1. The van der Waals surface area contributed by atoms with Crippen LogP contribution in [-0.2, 0) is 0 Å². The molecule has 0 aromatic carbocycles. The maximum absolute atomic E-state index is 5.44. The first-order chi connectivity index (χ1) is 4.74. The molecule has 0 amide bonds. The lowest BCUT2D eigenvalue weighted by molar-refractivity contribution is 0.477. The molecule has 0 aliphatic carbocycles. The molecule has 0 radical (unpaired) electrons. The lowest BCUT2D eigenvalue weighted by Crippen LogP contribution is -2.07. The van der Waals surface area contributed by atoms with E-state index in [2.05, 4.69) is 15.9 Å². The maximum Gasteiger partial charge on any atom is 0.109 e. The molecule has 0 saturated heterocycles. The van der Waals surface area contributed by atoms with Gasteiger partial charge in [0.15, 0.2) is 0 Å². The predicted molar refractivity (Wildman–Crippen MR) is 43.9 cm³/mol. The molecule has 1 unspecified atom stereocenters. The molecule has 1 aromatic heterocycles. The highest BCUT2D eigenvalue weighted by Crippen LogP contribution is 2.20. The number of hydrogen-bond donors (Lipinski definition) is 1. The van der Waals surface area contributed by atoms with Gasteiger partial charge in [-0.15, -0.1) is 0 Å². The Labute approximate surface area is 68.5 Å². The van der Waals surface area contributed by atoms with Gasteiger partial charge in [0.2, 0.25) is 0 Å². The van der Waals surface area contributed by atoms with E-state index in [1.54, 1.807) is 6.26 Å². The molecule has 0 saturated carbocycles. The van der Waals surface area contributed by atoms with E-state index in [4.69, 9.17) is 10.2 Å². The third-order valence-corrected chi connectivity index (χ3v) is 1.84. The zero-order valence-electron chi connectivity index (χ0n) is 5.80. The fourth-order valence-corrected chi connectivity index (χ4v) is 1.02. The Balaban J connectivity index is 2.74. The quantitative estimate of drug-likeness (QED) is 0.801. The largest absolute Gasteiger partial charge is 0.468 e. The molecule has 0 aliphatic rings. The number of hydrogen-bond acceptors (Lipinski definition) is 2. The number of nitrogens with two attached hydrogens (primary N) is 1. The van der Waals surface area contributed by atoms with Crippen molar-refractivity contribution >= 4 is 15.9 Å². The summed E-state index contributed by atoms with van der Waals surface area (Å²) >= 11 is 3.30. The van der Waals surface area contributed by atoms with E-state index < -0.39 is 0 Å². The van der Waals surface area contributed by atoms with E-state index in [9.17, 15) is 0 Å². The van der Waals surface area contributed by atoms with Gasteiger partial charge >= 0.3 is 0 Å². The Morgan fingerprint density at radius 1 is 1.80 bits per heavy atom. The lowest BCUT2D eigenvalue weighted by Gasteiger charge is -2.01. The summed E-state index contributed by atoms with van der Waals surface area (Å²) in [6.45, 7) is 2.66. The van der Waals surface area contributed by atoms with Crippen molar-refractivity contribution in [3.63, 3.8) is 0 Å². The van der Waals surface area contributed by atoms with Crippen molar-refractivity contribution in [2.75, 3.05) is 6.54 Å². The number of halogens is 1. The fraction of sp³-hybridized carbons (Fsp3) is 0.429. The van der Waals surface area contributed by atoms with Crippen molar-refractivity contribution in [3.8, 4) is 0 Å². The summed E-state index contributed by atoms with van der Waals surface area (Å²) in [6.07, 6.45) is 1.67. The fourth-order valence-electron chi connectivity index (χ4n) is 0.703. The van der Waals surface area contributed by atoms with Crippen LogP contribution in [0.5, 0.6) is 0 Å². The van der Waals surface area contributed by atoms with Gasteiger partial charge in [0, 0.05) is 12.5 Å². The van der Waals surface area contributed by atoms with Crippen molar-refractivity contribution in [2.24, 2.45) is 5.73 Å². The average Bonchev–Trinajstić information content (AvgIpc) is 2.34. The van der Waals surface area contributed by atoms with Crippen molar-refractivity contribution in [1.82, 2.24) is 0 Å². The van der Waals surface area contributed by atoms with Gasteiger partial charge in [-0.2, -0.15) is 0 Å². The molecule has 1 atom stereocenters. The molecule has 1 aromatic rings. The second-order valence-corrected chi connectivity index (χ2v) is 3.22. The van der Waals surface area contributed by atoms with Crippen LogP contribution in [0.1, 0.15) is 18.6 Å². The molecular formula is C7H10BrNO. The highest BCUT2D eigenvalue weighted by molar-refractivity contribution is 9.10. The maximum atomic E-state index is 5.44. The van der Waals surface area contributed by atoms with Gasteiger partial charge in [-0.1, -0.05) is 6.92 Å². The van der Waals surface area contributed by atoms with Gasteiger partial charge < -0.3 is 10.2 Å². The van der Waals surface area contributed by atoms with Crippen LogP contribution in [0, 0.1) is 0 Å². The minimum absolute atomic E-state index is 0.311. The van der Waals surface area contributed by atoms with Crippen LogP contribution in [-0.4, -0.2) is 6.54 Å². The topological polar surface area (TPSA) is 39.2 Å². The van der Waals surface area contributed by atoms with Crippen molar-refractivity contribution in [1.29, 1.82) is 0 Å². The standard InChI is InChI=1S/C7H10BrNO/c1-5(3-9)7-2-6(8)4-10-7/h2,4-5H,3,9H2,1H3. The second kappa shape index (κ2) is 3.21. The first-order valence-electron chi connectivity index (χ1n) is 3.18. The smallest absolute Gasteiger partial charge is 0.109 e. The van der Waals surface area contributed by atoms with E-state index in [1.807, 2.05) is 13.0 Å². The van der Waals surface area contributed by atoms with Crippen LogP contribution in [0.2, 0.25) is 0 Å². The summed E-state index contributed by atoms with van der Waals surface area (Å²) in [5.41, 5.74) is 5.44. The third kappa shape index (κ3) is 1.61. The van der Waals surface area contributed by atoms with Crippen LogP contribution < -0.4 is 5.73 Å². The summed E-state index contributed by atoms with van der Waals surface area (Å²) in [5, 5.41) is 0. The van der Waals surface area contributed by atoms with Crippen LogP contribution in [0.3, 0.4) is 0 Å². The van der Waals surface area contributed by atoms with E-state index in [0.29, 0.717) is 12.5 Å². The van der Waals surface area contributed by atoms with E-state index >= 15 is 0 Å². The molecular weight excluding hydrogens is 194 g/mol. The zero-order chi connectivity index (χ0) is 7.56. The highest BCUT2D eigenvalue weighted by Gasteiger charge is 2.06. The van der Waals surface area contributed by atoms with Crippen molar-refractivity contribution < 1.29 is 4.42 Å². The Bertz CT molecular complexity index is 209. The van der Waals surface area contributed by atoms with Crippen LogP contribution in [0.25, 0.3) is 0 Å². The first-order valence-corrected chi connectivity index (χ1v) is 3.97. The molecule has 0 bridgehead atoms. The van der Waals surface area contributed by atoms with Crippen LogP contribution >= 0.6 is 15.9 Å². The molecule has 56 valence electrons. The SMILES string of the molecule is CC(CN)c1cc(Br)co1. The van der Waals surface area contributed by atoms with Gasteiger partial charge in [0.25, 0.3) is 0 Å². The molecule has 1 heterocycles. The molecule has 10 heavy (non-hydrogen) atoms. The van der Waals surface area contributed by atoms with Crippen LogP contribution in [0.15, 0.2) is 21.2 Å². The molecule has 0 spiro atoms. The van der Waals surface area contributed by atoms with E-state index in [1.165, 1.54) is 0 Å². The normalized spacial score (nSPS) is 13.5. The summed E-state index contributed by atoms with van der Waals surface area (Å²) in [5.74, 6) is 1.25. The Morgan fingerprint density at radius 2 is 2.50 bits per heavy atom. The first kappa shape index (κ1) is 7.82. The summed E-state index contributed by atoms with van der Waals surface area (Å²) in [7, 11) is 0. The van der Waals surface area contributed by atoms with Gasteiger partial charge in [-0.25, -0.2) is 0 Å². The van der Waals surface area contributed by atoms with Crippen molar-refractivity contribution in [3.05, 3.63) is 22.6 Å². The monoisotopic (exact) mass is 203 g/mol. The summed E-state index contributed by atoms with van der Waals surface area (Å²) in [4.78, 5) is 0. The molecule has 1 rings (SSSR count). The molecule has 2 nitrogen and oxygen atoms in total. The minimum atomic E-state index is 0.311. The molecule has 0 aliphatic heterocycles. The van der Waals surface area contributed by atoms with Crippen LogP contribution in [0.4, 0.5) is 0 Å². The Kier molecular flexibility index (Phi) is 2.51. The zero-order valence-corrected chi connectivity index (χ0v) is 7.39. The number of furan rings is 1. The molecule has 0 fully saturated rings. The highest BCUT2D eigenvalue weighted by atomic mass is 79.9. The van der Waals surface area contributed by atoms with Gasteiger partial charge in [-0.05, 0) is 22.0 Å². The molecule has 2 N–H and O–H groups in total. The second-order valence-electron chi connectivity index (χ2n) is 2.30. The number of rotatable bonds is 2. The third-order valence-electron chi connectivity index (χ3n) is 1.43. The summed E-state index contributed by atoms with van der Waals surface area (Å²) in [6, 6.07) is 1.94.